The van der Waals surface area contributed by atoms with Crippen LogP contribution in [-0.4, -0.2) is 150 Å². The number of ether oxygens (including phenoxy) is 4. The highest BCUT2D eigenvalue weighted by Crippen LogP contribution is 2.34. The molecule has 0 bridgehead atoms. The topological polar surface area (TPSA) is 209 Å². The van der Waals surface area contributed by atoms with Crippen LogP contribution in [0, 0.1) is 11.8 Å². The number of urea groups is 1. The Hall–Kier alpha value is -6.40. The second kappa shape index (κ2) is 25.2. The molecule has 3 aliphatic heterocycles. The summed E-state index contributed by atoms with van der Waals surface area (Å²) in [5.41, 5.74) is 0.791. The Morgan fingerprint density at radius 3 is 1.62 bits per heavy atom. The van der Waals surface area contributed by atoms with Gasteiger partial charge in [0.15, 0.2) is 0 Å². The fourth-order valence-electron chi connectivity index (χ4n) is 6.72. The first-order chi connectivity index (χ1) is 31.0. The summed E-state index contributed by atoms with van der Waals surface area (Å²) in [6.45, 7) is 15.2. The maximum atomic E-state index is 14.2. The van der Waals surface area contributed by atoms with Crippen LogP contribution >= 0.6 is 0 Å². The van der Waals surface area contributed by atoms with E-state index in [2.05, 4.69) is 36.4 Å². The molecule has 356 valence electrons. The van der Waals surface area contributed by atoms with Gasteiger partial charge < -0.3 is 38.5 Å². The van der Waals surface area contributed by atoms with Crippen LogP contribution in [0.1, 0.15) is 78.9 Å². The minimum atomic E-state index is -1.12. The van der Waals surface area contributed by atoms with Crippen molar-refractivity contribution in [2.45, 2.75) is 92.6 Å². The largest absolute Gasteiger partial charge is 0.450 e. The van der Waals surface area contributed by atoms with Crippen molar-refractivity contribution in [1.29, 1.82) is 0 Å². The fourth-order valence-corrected chi connectivity index (χ4v) is 6.72. The molecule has 65 heavy (non-hydrogen) atoms. The van der Waals surface area contributed by atoms with E-state index in [1.165, 1.54) is 26.0 Å². The van der Waals surface area contributed by atoms with E-state index in [0.29, 0.717) is 0 Å². The molecule has 0 radical (unpaired) electrons. The van der Waals surface area contributed by atoms with Gasteiger partial charge in [-0.25, -0.2) is 24.0 Å². The number of nitrogens with one attached hydrogen (secondary N) is 2. The van der Waals surface area contributed by atoms with Gasteiger partial charge in [0.2, 0.25) is 17.8 Å². The van der Waals surface area contributed by atoms with Crippen LogP contribution in [0.4, 0.5) is 24.0 Å². The zero-order valence-corrected chi connectivity index (χ0v) is 38.8. The molecule has 3 aliphatic rings. The maximum absolute atomic E-state index is 14.2. The van der Waals surface area contributed by atoms with Crippen molar-refractivity contribution in [3.05, 3.63) is 71.8 Å². The van der Waals surface area contributed by atoms with E-state index in [9.17, 15) is 33.6 Å². The summed E-state index contributed by atoms with van der Waals surface area (Å²) in [6.07, 6.45) is -1.09. The summed E-state index contributed by atoms with van der Waals surface area (Å²) in [6, 6.07) is 16.2. The lowest BCUT2D eigenvalue weighted by molar-refractivity contribution is -0.164. The van der Waals surface area contributed by atoms with Crippen LogP contribution < -0.4 is 10.6 Å². The standard InChI is InChI=1S/C41H54N8O11.C5H12/c1-5-57-39(55)47-25-21-46(22-26-47)38(54)49-32(34(51)45-19-23-48(24-20-45)40(56)60-41(2,3)4)31(33(49)50)17-12-18-42-35(43-36(52)58-27-29-13-8-6-9-14-29)44-37(53)59-28-30-15-10-7-11-16-30;1-4-5(2)3/h6-11,13-16,31-32H,5,12,17-28H2,1-4H3,(H2,42,43,44,52,53);5H,4H2,1-3H3/t31-,32?;/m1./s1. The Morgan fingerprint density at radius 2 is 1.15 bits per heavy atom. The van der Waals surface area contributed by atoms with Gasteiger partial charge in [0.25, 0.3) is 0 Å². The Kier molecular flexibility index (Phi) is 19.9. The molecule has 3 heterocycles. The Labute approximate surface area is 381 Å². The molecule has 2 aromatic carbocycles. The van der Waals surface area contributed by atoms with Gasteiger partial charge in [-0.2, -0.15) is 0 Å². The smallest absolute Gasteiger partial charge is 0.414 e. The van der Waals surface area contributed by atoms with Crippen molar-refractivity contribution in [2.75, 3.05) is 65.5 Å². The van der Waals surface area contributed by atoms with Crippen molar-refractivity contribution < 1.29 is 52.5 Å². The molecule has 0 aromatic heterocycles. The summed E-state index contributed by atoms with van der Waals surface area (Å²) >= 11 is 0. The molecule has 3 fully saturated rings. The van der Waals surface area contributed by atoms with E-state index in [1.54, 1.807) is 76.2 Å². The van der Waals surface area contributed by atoms with Gasteiger partial charge in [0.1, 0.15) is 24.9 Å². The molecule has 19 nitrogen and oxygen atoms in total. The number of aliphatic imine (C=N–C) groups is 1. The zero-order chi connectivity index (χ0) is 47.5. The average Bonchev–Trinajstić information content (AvgIpc) is 3.29. The number of nitrogens with zero attached hydrogens (tertiary/aromatic N) is 6. The Bertz CT molecular complexity index is 1870. The molecule has 0 aliphatic carbocycles. The predicted molar refractivity (Wildman–Crippen MR) is 240 cm³/mol. The maximum Gasteiger partial charge on any atom is 0.414 e. The first-order valence-electron chi connectivity index (χ1n) is 22.3. The fraction of sp³-hybridized carbons (Fsp3) is 0.565. The highest BCUT2D eigenvalue weighted by Gasteiger charge is 2.56. The van der Waals surface area contributed by atoms with Gasteiger partial charge in [-0.1, -0.05) is 87.9 Å². The van der Waals surface area contributed by atoms with Crippen molar-refractivity contribution in [3.63, 3.8) is 0 Å². The number of guanidine groups is 1. The molecular formula is C46H66N8O11. The number of hydrogen-bond donors (Lipinski definition) is 2. The third-order valence-corrected chi connectivity index (χ3v) is 10.6. The number of β-lactam (4-membered cyclic amide) rings is 1. The van der Waals surface area contributed by atoms with Gasteiger partial charge in [-0.15, -0.1) is 0 Å². The predicted octanol–water partition coefficient (Wildman–Crippen LogP) is 5.83. The van der Waals surface area contributed by atoms with E-state index in [0.717, 1.165) is 21.9 Å². The number of carbonyl (C=O) groups excluding carboxylic acids is 7. The lowest BCUT2D eigenvalue weighted by atomic mass is 9.82. The lowest BCUT2D eigenvalue weighted by Crippen LogP contribution is -2.72. The van der Waals surface area contributed by atoms with E-state index in [1.807, 2.05) is 12.1 Å². The lowest BCUT2D eigenvalue weighted by Gasteiger charge is -2.49. The molecule has 2 N–H and O–H groups in total. The first-order valence-corrected chi connectivity index (χ1v) is 22.3. The molecule has 8 amide bonds. The van der Waals surface area contributed by atoms with Crippen LogP contribution in [0.2, 0.25) is 0 Å². The van der Waals surface area contributed by atoms with Crippen molar-refractivity contribution in [1.82, 2.24) is 35.1 Å². The number of benzene rings is 2. The summed E-state index contributed by atoms with van der Waals surface area (Å²) in [5, 5.41) is 4.86. The molecule has 0 saturated carbocycles. The number of alkyl carbamates (subject to hydrolysis) is 2. The quantitative estimate of drug-likeness (QED) is 0.0902. The highest BCUT2D eigenvalue weighted by molar-refractivity contribution is 6.09. The van der Waals surface area contributed by atoms with Gasteiger partial charge in [0.05, 0.1) is 12.5 Å². The highest BCUT2D eigenvalue weighted by atomic mass is 16.6. The van der Waals surface area contributed by atoms with Crippen LogP contribution in [-0.2, 0) is 41.8 Å². The summed E-state index contributed by atoms with van der Waals surface area (Å²) in [7, 11) is 0. The average molecular weight is 907 g/mol. The first kappa shape index (κ1) is 51.2. The monoisotopic (exact) mass is 906 g/mol. The van der Waals surface area contributed by atoms with Crippen molar-refractivity contribution in [2.24, 2.45) is 16.8 Å². The summed E-state index contributed by atoms with van der Waals surface area (Å²) in [5.74, 6) is -1.21. The van der Waals surface area contributed by atoms with Crippen molar-refractivity contribution in [3.8, 4) is 0 Å². The van der Waals surface area contributed by atoms with Crippen LogP contribution in [0.3, 0.4) is 0 Å². The molecule has 2 atom stereocenters. The summed E-state index contributed by atoms with van der Waals surface area (Å²) in [4.78, 5) is 103. The number of hydrogen-bond acceptors (Lipinski definition) is 12. The number of likely N-dealkylation sites (tertiary alicyclic amines) is 1. The van der Waals surface area contributed by atoms with E-state index >= 15 is 0 Å². The minimum Gasteiger partial charge on any atom is -0.450 e. The van der Waals surface area contributed by atoms with Gasteiger partial charge in [0, 0.05) is 58.9 Å². The number of amides is 8. The molecule has 19 heteroatoms. The van der Waals surface area contributed by atoms with Gasteiger partial charge in [-0.3, -0.25) is 30.1 Å². The van der Waals surface area contributed by atoms with Crippen LogP contribution in [0.15, 0.2) is 65.7 Å². The molecule has 0 spiro atoms. The Morgan fingerprint density at radius 1 is 0.692 bits per heavy atom. The number of piperazine rings is 2. The minimum absolute atomic E-state index is 0.00369. The second-order valence-corrected chi connectivity index (χ2v) is 17.1. The second-order valence-electron chi connectivity index (χ2n) is 17.1. The SMILES string of the molecule is CCC(C)C.CCOC(=O)N1CCN(C(=O)N2C(=O)[C@H](CCCN=C(NC(=O)OCc3ccccc3)NC(=O)OCc3ccccc3)C2C(=O)N2CCN(C(=O)OC(C)(C)C)CC2)CC1. The molecular weight excluding hydrogens is 841 g/mol. The third-order valence-electron chi connectivity index (χ3n) is 10.6. The Balaban J connectivity index is 0.00000175. The normalized spacial score (nSPS) is 17.2. The number of rotatable bonds is 11. The van der Waals surface area contributed by atoms with E-state index in [-0.39, 0.29) is 97.5 Å². The van der Waals surface area contributed by atoms with E-state index < -0.39 is 59.8 Å². The third kappa shape index (κ3) is 16.3. The number of carbonyl (C=O) groups is 7. The molecule has 2 aromatic rings. The molecule has 1 unspecified atom stereocenters. The number of imide groups is 1. The van der Waals surface area contributed by atoms with Crippen molar-refractivity contribution >= 4 is 48.2 Å². The van der Waals surface area contributed by atoms with E-state index in [4.69, 9.17) is 18.9 Å². The van der Waals surface area contributed by atoms with Crippen LogP contribution in [0.25, 0.3) is 0 Å². The van der Waals surface area contributed by atoms with Crippen LogP contribution in [0.5, 0.6) is 0 Å². The van der Waals surface area contributed by atoms with Gasteiger partial charge in [-0.05, 0) is 57.6 Å². The zero-order valence-electron chi connectivity index (χ0n) is 38.8. The molecule has 3 saturated heterocycles. The van der Waals surface area contributed by atoms with Gasteiger partial charge >= 0.3 is 30.4 Å². The molecule has 5 rings (SSSR count). The summed E-state index contributed by atoms with van der Waals surface area (Å²) < 4.78 is 21.2.